The highest BCUT2D eigenvalue weighted by Crippen LogP contribution is 2.20. The Labute approximate surface area is 116 Å². The van der Waals surface area contributed by atoms with Crippen LogP contribution in [-0.4, -0.2) is 0 Å². The molecule has 1 heterocycles. The van der Waals surface area contributed by atoms with Gasteiger partial charge in [-0.05, 0) is 43.7 Å². The lowest BCUT2D eigenvalue weighted by Gasteiger charge is -2.05. The van der Waals surface area contributed by atoms with E-state index in [9.17, 15) is 4.39 Å². The van der Waals surface area contributed by atoms with E-state index in [1.165, 1.54) is 27.5 Å². The van der Waals surface area contributed by atoms with Gasteiger partial charge in [-0.25, -0.2) is 4.39 Å². The smallest absolute Gasteiger partial charge is 0.127 e. The number of nitrogens with zero attached hydrogens (tertiary/aromatic N) is 1. The summed E-state index contributed by atoms with van der Waals surface area (Å²) >= 11 is 1.75. The standard InChI is InChI=1S/C15H15FN2S/c1-10-5-14(19-11(10)2)9-18-8-13-6-12(7-17)3-4-15(13)16/h3-6,18H,8-9H2,1-2H3. The molecule has 19 heavy (non-hydrogen) atoms. The molecular weight excluding hydrogens is 259 g/mol. The van der Waals surface area contributed by atoms with E-state index in [0.717, 1.165) is 6.54 Å². The Hall–Kier alpha value is -1.70. The molecule has 0 saturated carbocycles. The fourth-order valence-electron chi connectivity index (χ4n) is 1.84. The number of hydrogen-bond donors (Lipinski definition) is 1. The first-order valence-electron chi connectivity index (χ1n) is 6.05. The minimum Gasteiger partial charge on any atom is -0.308 e. The predicted octanol–water partition coefficient (Wildman–Crippen LogP) is 3.67. The molecule has 1 aromatic heterocycles. The van der Waals surface area contributed by atoms with Gasteiger partial charge in [0.1, 0.15) is 5.82 Å². The number of thiophene rings is 1. The maximum Gasteiger partial charge on any atom is 0.127 e. The van der Waals surface area contributed by atoms with Crippen LogP contribution in [0.2, 0.25) is 0 Å². The topological polar surface area (TPSA) is 35.8 Å². The highest BCUT2D eigenvalue weighted by molar-refractivity contribution is 7.12. The Balaban J connectivity index is 1.97. The lowest BCUT2D eigenvalue weighted by atomic mass is 10.1. The van der Waals surface area contributed by atoms with E-state index in [1.807, 2.05) is 6.07 Å². The van der Waals surface area contributed by atoms with Gasteiger partial charge in [-0.3, -0.25) is 0 Å². The maximum absolute atomic E-state index is 13.6. The maximum atomic E-state index is 13.6. The van der Waals surface area contributed by atoms with E-state index in [0.29, 0.717) is 17.7 Å². The number of hydrogen-bond acceptors (Lipinski definition) is 3. The van der Waals surface area contributed by atoms with Crippen LogP contribution in [-0.2, 0) is 13.1 Å². The third-order valence-corrected chi connectivity index (χ3v) is 4.16. The summed E-state index contributed by atoms with van der Waals surface area (Å²) in [5.41, 5.74) is 2.31. The fourth-order valence-corrected chi connectivity index (χ4v) is 2.86. The highest BCUT2D eigenvalue weighted by Gasteiger charge is 2.05. The van der Waals surface area contributed by atoms with Crippen molar-refractivity contribution in [3.05, 3.63) is 56.5 Å². The van der Waals surface area contributed by atoms with E-state index in [1.54, 1.807) is 17.4 Å². The third-order valence-electron chi connectivity index (χ3n) is 3.01. The molecular formula is C15H15FN2S. The number of nitriles is 1. The monoisotopic (exact) mass is 274 g/mol. The molecule has 0 amide bonds. The van der Waals surface area contributed by atoms with Crippen molar-refractivity contribution in [2.45, 2.75) is 26.9 Å². The van der Waals surface area contributed by atoms with Gasteiger partial charge in [-0.2, -0.15) is 5.26 Å². The largest absolute Gasteiger partial charge is 0.308 e. The number of rotatable bonds is 4. The SMILES string of the molecule is Cc1cc(CNCc2cc(C#N)ccc2F)sc1C. The van der Waals surface area contributed by atoms with Crippen molar-refractivity contribution in [1.82, 2.24) is 5.32 Å². The van der Waals surface area contributed by atoms with Crippen LogP contribution >= 0.6 is 11.3 Å². The van der Waals surface area contributed by atoms with Gasteiger partial charge in [0, 0.05) is 28.4 Å². The zero-order chi connectivity index (χ0) is 13.8. The molecule has 98 valence electrons. The van der Waals surface area contributed by atoms with Crippen molar-refractivity contribution >= 4 is 11.3 Å². The molecule has 4 heteroatoms. The molecule has 0 atom stereocenters. The molecule has 1 N–H and O–H groups in total. The van der Waals surface area contributed by atoms with E-state index in [4.69, 9.17) is 5.26 Å². The van der Waals surface area contributed by atoms with Crippen LogP contribution < -0.4 is 5.32 Å². The van der Waals surface area contributed by atoms with Crippen LogP contribution in [0.5, 0.6) is 0 Å². The Kier molecular flexibility index (Phi) is 4.31. The molecule has 0 bridgehead atoms. The van der Waals surface area contributed by atoms with Crippen LogP contribution in [0.25, 0.3) is 0 Å². The van der Waals surface area contributed by atoms with E-state index in [2.05, 4.69) is 25.2 Å². The molecule has 0 aliphatic heterocycles. The lowest BCUT2D eigenvalue weighted by Crippen LogP contribution is -2.13. The van der Waals surface area contributed by atoms with Gasteiger partial charge in [-0.15, -0.1) is 11.3 Å². The molecule has 0 aliphatic carbocycles. The Morgan fingerprint density at radius 2 is 2.05 bits per heavy atom. The third kappa shape index (κ3) is 3.40. The second-order valence-electron chi connectivity index (χ2n) is 4.47. The first-order chi connectivity index (χ1) is 9.10. The van der Waals surface area contributed by atoms with Gasteiger partial charge in [0.05, 0.1) is 11.6 Å². The summed E-state index contributed by atoms with van der Waals surface area (Å²) in [4.78, 5) is 2.56. The zero-order valence-electron chi connectivity index (χ0n) is 11.0. The lowest BCUT2D eigenvalue weighted by molar-refractivity contribution is 0.589. The van der Waals surface area contributed by atoms with E-state index >= 15 is 0 Å². The van der Waals surface area contributed by atoms with Crippen LogP contribution in [0.15, 0.2) is 24.3 Å². The van der Waals surface area contributed by atoms with Crippen LogP contribution in [0.3, 0.4) is 0 Å². The number of benzene rings is 1. The van der Waals surface area contributed by atoms with E-state index < -0.39 is 0 Å². The van der Waals surface area contributed by atoms with Crippen molar-refractivity contribution in [2.75, 3.05) is 0 Å². The molecule has 0 radical (unpaired) electrons. The predicted molar refractivity (Wildman–Crippen MR) is 75.5 cm³/mol. The van der Waals surface area contributed by atoms with Gasteiger partial charge in [0.25, 0.3) is 0 Å². The first kappa shape index (κ1) is 13.7. The average molecular weight is 274 g/mol. The van der Waals surface area contributed by atoms with Gasteiger partial charge >= 0.3 is 0 Å². The molecule has 1 aromatic carbocycles. The minimum absolute atomic E-state index is 0.273. The molecule has 0 spiro atoms. The van der Waals surface area contributed by atoms with Crippen LogP contribution in [0.4, 0.5) is 4.39 Å². The van der Waals surface area contributed by atoms with E-state index in [-0.39, 0.29) is 5.82 Å². The second-order valence-corrected chi connectivity index (χ2v) is 5.81. The summed E-state index contributed by atoms with van der Waals surface area (Å²) < 4.78 is 13.6. The number of nitrogens with one attached hydrogen (secondary N) is 1. The van der Waals surface area contributed by atoms with Crippen LogP contribution in [0, 0.1) is 31.0 Å². The summed E-state index contributed by atoms with van der Waals surface area (Å²) in [6.45, 7) is 5.33. The summed E-state index contributed by atoms with van der Waals surface area (Å²) in [6.07, 6.45) is 0. The van der Waals surface area contributed by atoms with Gasteiger partial charge < -0.3 is 5.32 Å². The molecule has 0 saturated heterocycles. The minimum atomic E-state index is -0.273. The molecule has 0 fully saturated rings. The Morgan fingerprint density at radius 1 is 1.26 bits per heavy atom. The molecule has 0 unspecified atom stereocenters. The van der Waals surface area contributed by atoms with Crippen molar-refractivity contribution in [3.63, 3.8) is 0 Å². The first-order valence-corrected chi connectivity index (χ1v) is 6.87. The number of halogens is 1. The average Bonchev–Trinajstić information content (AvgIpc) is 2.71. The second kappa shape index (κ2) is 5.96. The summed E-state index contributed by atoms with van der Waals surface area (Å²) in [7, 11) is 0. The Morgan fingerprint density at radius 3 is 2.68 bits per heavy atom. The number of aryl methyl sites for hydroxylation is 2. The molecule has 2 nitrogen and oxygen atoms in total. The quantitative estimate of drug-likeness (QED) is 0.923. The van der Waals surface area contributed by atoms with Crippen molar-refractivity contribution in [1.29, 1.82) is 5.26 Å². The molecule has 0 aliphatic rings. The highest BCUT2D eigenvalue weighted by atomic mass is 32.1. The van der Waals surface area contributed by atoms with Gasteiger partial charge in [0.15, 0.2) is 0 Å². The van der Waals surface area contributed by atoms with Gasteiger partial charge in [0.2, 0.25) is 0 Å². The summed E-state index contributed by atoms with van der Waals surface area (Å²) in [6, 6.07) is 8.59. The van der Waals surface area contributed by atoms with Crippen molar-refractivity contribution in [2.24, 2.45) is 0 Å². The molecule has 2 aromatic rings. The summed E-state index contributed by atoms with van der Waals surface area (Å²) in [5.74, 6) is -0.273. The van der Waals surface area contributed by atoms with Crippen molar-refractivity contribution in [3.8, 4) is 6.07 Å². The van der Waals surface area contributed by atoms with Gasteiger partial charge in [-0.1, -0.05) is 0 Å². The molecule has 2 rings (SSSR count). The normalized spacial score (nSPS) is 10.4. The Bertz CT molecular complexity index is 606. The zero-order valence-corrected chi connectivity index (χ0v) is 11.8. The summed E-state index contributed by atoms with van der Waals surface area (Å²) in [5, 5.41) is 12.0. The van der Waals surface area contributed by atoms with Crippen molar-refractivity contribution < 1.29 is 4.39 Å². The fraction of sp³-hybridized carbons (Fsp3) is 0.267. The van der Waals surface area contributed by atoms with Crippen LogP contribution in [0.1, 0.15) is 26.4 Å².